The zero-order valence-corrected chi connectivity index (χ0v) is 14.0. The minimum atomic E-state index is -0.0690. The van der Waals surface area contributed by atoms with Crippen LogP contribution < -0.4 is 5.32 Å². The van der Waals surface area contributed by atoms with Crippen LogP contribution in [0.5, 0.6) is 0 Å². The monoisotopic (exact) mass is 310 g/mol. The van der Waals surface area contributed by atoms with Gasteiger partial charge in [-0.15, -0.1) is 0 Å². The molecule has 1 aliphatic rings. The topological polar surface area (TPSA) is 15.3 Å². The van der Waals surface area contributed by atoms with E-state index in [1.165, 1.54) is 12.0 Å². The minimum absolute atomic E-state index is 0.0690. The smallest absolute Gasteiger partial charge is 0.127 e. The summed E-state index contributed by atoms with van der Waals surface area (Å²) in [5.74, 6) is 1.10. The quantitative estimate of drug-likeness (QED) is 0.774. The van der Waals surface area contributed by atoms with Gasteiger partial charge in [-0.2, -0.15) is 11.8 Å². The Morgan fingerprint density at radius 1 is 1.38 bits per heavy atom. The van der Waals surface area contributed by atoms with Crippen molar-refractivity contribution in [3.63, 3.8) is 0 Å². The first kappa shape index (κ1) is 16.8. The summed E-state index contributed by atoms with van der Waals surface area (Å²) in [7, 11) is 0. The normalized spacial score (nSPS) is 19.9. The second-order valence-electron chi connectivity index (χ2n) is 5.74. The Bertz CT molecular complexity index is 439. The first-order valence-corrected chi connectivity index (χ1v) is 9.09. The minimum Gasteiger partial charge on any atom is -0.313 e. The van der Waals surface area contributed by atoms with Gasteiger partial charge in [0.2, 0.25) is 0 Å². The molecule has 0 amide bonds. The van der Waals surface area contributed by atoms with Gasteiger partial charge in [0.1, 0.15) is 5.82 Å². The van der Waals surface area contributed by atoms with Gasteiger partial charge in [-0.05, 0) is 31.0 Å². The van der Waals surface area contributed by atoms with Gasteiger partial charge in [0.15, 0.2) is 0 Å². The summed E-state index contributed by atoms with van der Waals surface area (Å²) >= 11 is 2.05. The Balaban J connectivity index is 1.96. The maximum absolute atomic E-state index is 14.0. The summed E-state index contributed by atoms with van der Waals surface area (Å²) < 4.78 is 14.0. The van der Waals surface area contributed by atoms with Crippen LogP contribution in [-0.2, 0) is 13.1 Å². The number of nitrogens with one attached hydrogen (secondary N) is 1. The van der Waals surface area contributed by atoms with Gasteiger partial charge in [-0.3, -0.25) is 4.90 Å². The largest absolute Gasteiger partial charge is 0.313 e. The van der Waals surface area contributed by atoms with E-state index in [0.29, 0.717) is 5.25 Å². The van der Waals surface area contributed by atoms with Gasteiger partial charge in [0, 0.05) is 42.7 Å². The second-order valence-corrected chi connectivity index (χ2v) is 7.15. The van der Waals surface area contributed by atoms with Crippen LogP contribution in [0.1, 0.15) is 37.8 Å². The second kappa shape index (κ2) is 8.76. The molecule has 2 nitrogen and oxygen atoms in total. The number of nitrogens with zero attached hydrogens (tertiary/aromatic N) is 1. The van der Waals surface area contributed by atoms with Gasteiger partial charge in [-0.1, -0.05) is 26.0 Å². The molecule has 0 bridgehead atoms. The van der Waals surface area contributed by atoms with E-state index in [0.717, 1.165) is 50.5 Å². The number of halogens is 1. The molecule has 1 fully saturated rings. The third-order valence-corrected chi connectivity index (χ3v) is 5.31. The number of rotatable bonds is 7. The summed E-state index contributed by atoms with van der Waals surface area (Å²) in [4.78, 5) is 2.40. The van der Waals surface area contributed by atoms with Gasteiger partial charge < -0.3 is 5.32 Å². The molecule has 1 aromatic carbocycles. The molecule has 1 N–H and O–H groups in total. The molecule has 2 rings (SSSR count). The van der Waals surface area contributed by atoms with E-state index in [1.54, 1.807) is 6.07 Å². The van der Waals surface area contributed by atoms with Crippen LogP contribution in [0.2, 0.25) is 0 Å². The molecular formula is C17H27FN2S. The highest BCUT2D eigenvalue weighted by atomic mass is 32.2. The molecule has 1 unspecified atom stereocenters. The van der Waals surface area contributed by atoms with E-state index < -0.39 is 0 Å². The van der Waals surface area contributed by atoms with Crippen molar-refractivity contribution in [2.24, 2.45) is 0 Å². The Morgan fingerprint density at radius 3 is 3.00 bits per heavy atom. The molecule has 21 heavy (non-hydrogen) atoms. The van der Waals surface area contributed by atoms with Crippen LogP contribution >= 0.6 is 11.8 Å². The van der Waals surface area contributed by atoms with Crippen LogP contribution in [0, 0.1) is 5.82 Å². The van der Waals surface area contributed by atoms with Crippen LogP contribution in [0.3, 0.4) is 0 Å². The lowest BCUT2D eigenvalue weighted by atomic mass is 10.1. The molecule has 1 heterocycles. The first-order valence-electron chi connectivity index (χ1n) is 8.05. The fourth-order valence-electron chi connectivity index (χ4n) is 2.68. The highest BCUT2D eigenvalue weighted by molar-refractivity contribution is 8.00. The maximum Gasteiger partial charge on any atom is 0.127 e. The van der Waals surface area contributed by atoms with Gasteiger partial charge >= 0.3 is 0 Å². The molecule has 1 atom stereocenters. The Labute approximate surface area is 132 Å². The van der Waals surface area contributed by atoms with Crippen molar-refractivity contribution in [1.29, 1.82) is 0 Å². The molecule has 0 aliphatic carbocycles. The zero-order chi connectivity index (χ0) is 15.1. The molecule has 0 spiro atoms. The van der Waals surface area contributed by atoms with Crippen molar-refractivity contribution < 1.29 is 4.39 Å². The van der Waals surface area contributed by atoms with E-state index >= 15 is 0 Å². The van der Waals surface area contributed by atoms with Crippen LogP contribution in [0.4, 0.5) is 4.39 Å². The molecule has 0 aromatic heterocycles. The fourth-order valence-corrected chi connectivity index (χ4v) is 3.93. The molecule has 118 valence electrons. The lowest BCUT2D eigenvalue weighted by Gasteiger charge is -2.32. The summed E-state index contributed by atoms with van der Waals surface area (Å²) in [6.07, 6.45) is 2.32. The van der Waals surface area contributed by atoms with Crippen LogP contribution in [0.25, 0.3) is 0 Å². The van der Waals surface area contributed by atoms with E-state index in [4.69, 9.17) is 0 Å². The number of hydrogen-bond donors (Lipinski definition) is 1. The summed E-state index contributed by atoms with van der Waals surface area (Å²) in [5.41, 5.74) is 2.02. The Morgan fingerprint density at radius 2 is 2.24 bits per heavy atom. The molecule has 4 heteroatoms. The summed E-state index contributed by atoms with van der Waals surface area (Å²) in [6.45, 7) is 9.12. The lowest BCUT2D eigenvalue weighted by molar-refractivity contribution is 0.269. The first-order chi connectivity index (χ1) is 10.2. The summed E-state index contributed by atoms with van der Waals surface area (Å²) in [6, 6.07) is 5.54. The van der Waals surface area contributed by atoms with Gasteiger partial charge in [-0.25, -0.2) is 4.39 Å². The van der Waals surface area contributed by atoms with Crippen molar-refractivity contribution in [2.75, 3.05) is 25.4 Å². The average Bonchev–Trinajstić information content (AvgIpc) is 2.51. The molecule has 1 aromatic rings. The number of hydrogen-bond acceptors (Lipinski definition) is 3. The highest BCUT2D eigenvalue weighted by Gasteiger charge is 2.19. The zero-order valence-electron chi connectivity index (χ0n) is 13.2. The van der Waals surface area contributed by atoms with Crippen LogP contribution in [0.15, 0.2) is 18.2 Å². The van der Waals surface area contributed by atoms with Crippen molar-refractivity contribution >= 4 is 11.8 Å². The SMILES string of the molecule is CCCNCc1ccc(F)c(CN2CCSC(CC)C2)c1. The summed E-state index contributed by atoms with van der Waals surface area (Å²) in [5, 5.41) is 4.08. The maximum atomic E-state index is 14.0. The van der Waals surface area contributed by atoms with Gasteiger partial charge in [0.05, 0.1) is 0 Å². The molecule has 1 aliphatic heterocycles. The van der Waals surface area contributed by atoms with Crippen molar-refractivity contribution in [3.8, 4) is 0 Å². The Hall–Kier alpha value is -0.580. The van der Waals surface area contributed by atoms with E-state index in [-0.39, 0.29) is 5.82 Å². The number of thioether (sulfide) groups is 1. The average molecular weight is 310 g/mol. The van der Waals surface area contributed by atoms with Crippen molar-refractivity contribution in [1.82, 2.24) is 10.2 Å². The third-order valence-electron chi connectivity index (χ3n) is 3.94. The van der Waals surface area contributed by atoms with Crippen molar-refractivity contribution in [3.05, 3.63) is 35.1 Å². The van der Waals surface area contributed by atoms with E-state index in [1.807, 2.05) is 12.1 Å². The standard InChI is InChI=1S/C17H27FN2S/c1-3-7-19-11-14-5-6-17(18)15(10-14)12-20-8-9-21-16(4-2)13-20/h5-6,10,16,19H,3-4,7-9,11-13H2,1-2H3. The Kier molecular flexibility index (Phi) is 7.00. The predicted molar refractivity (Wildman–Crippen MR) is 90.2 cm³/mol. The molecule has 0 saturated carbocycles. The third kappa shape index (κ3) is 5.28. The van der Waals surface area contributed by atoms with E-state index in [9.17, 15) is 4.39 Å². The number of benzene rings is 1. The van der Waals surface area contributed by atoms with Gasteiger partial charge in [0.25, 0.3) is 0 Å². The van der Waals surface area contributed by atoms with Crippen LogP contribution in [-0.4, -0.2) is 35.5 Å². The molecular weight excluding hydrogens is 283 g/mol. The predicted octanol–water partition coefficient (Wildman–Crippen LogP) is 3.65. The van der Waals surface area contributed by atoms with E-state index in [2.05, 4.69) is 35.8 Å². The fraction of sp³-hybridized carbons (Fsp3) is 0.647. The lowest BCUT2D eigenvalue weighted by Crippen LogP contribution is -2.37. The van der Waals surface area contributed by atoms with Crippen molar-refractivity contribution in [2.45, 2.75) is 45.0 Å². The highest BCUT2D eigenvalue weighted by Crippen LogP contribution is 2.23. The molecule has 1 saturated heterocycles. The molecule has 0 radical (unpaired) electrons.